The molecule has 2 aromatic rings. The minimum atomic E-state index is 0.237. The predicted molar refractivity (Wildman–Crippen MR) is 99.8 cm³/mol. The molecule has 128 valence electrons. The van der Waals surface area contributed by atoms with Crippen molar-refractivity contribution in [2.45, 2.75) is 26.3 Å². The van der Waals surface area contributed by atoms with Crippen molar-refractivity contribution < 1.29 is 4.74 Å². The molecule has 3 nitrogen and oxygen atoms in total. The van der Waals surface area contributed by atoms with Gasteiger partial charge in [0.05, 0.1) is 13.2 Å². The molecule has 1 fully saturated rings. The summed E-state index contributed by atoms with van der Waals surface area (Å²) in [7, 11) is 1.77. The Morgan fingerprint density at radius 2 is 1.83 bits per heavy atom. The van der Waals surface area contributed by atoms with Crippen LogP contribution < -0.4 is 10.1 Å². The molecule has 0 aromatic heterocycles. The van der Waals surface area contributed by atoms with Crippen LogP contribution in [0.25, 0.3) is 0 Å². The predicted octanol–water partition coefficient (Wildman–Crippen LogP) is 3.70. The minimum absolute atomic E-state index is 0.237. The number of hydrogen-bond acceptors (Lipinski definition) is 3. The standard InChI is InChI=1S/C21H28N2O/c1-16-9-10-17(2)19(15-16)21(23-13-6-11-22-12-14-23)18-7-4-5-8-20(18)24-3/h4-5,7-10,15,21-22H,6,11-14H2,1-3H3. The molecule has 1 aliphatic heterocycles. The van der Waals surface area contributed by atoms with Crippen LogP contribution in [0.3, 0.4) is 0 Å². The molecule has 1 heterocycles. The van der Waals surface area contributed by atoms with E-state index in [1.54, 1.807) is 7.11 Å². The summed E-state index contributed by atoms with van der Waals surface area (Å²) < 4.78 is 5.70. The fourth-order valence-corrected chi connectivity index (χ4v) is 3.63. The number of nitrogens with zero attached hydrogens (tertiary/aromatic N) is 1. The fraction of sp³-hybridized carbons (Fsp3) is 0.429. The Labute approximate surface area is 145 Å². The summed E-state index contributed by atoms with van der Waals surface area (Å²) in [6.07, 6.45) is 1.18. The molecular formula is C21H28N2O. The SMILES string of the molecule is COc1ccccc1C(c1cc(C)ccc1C)N1CCCNCC1. The van der Waals surface area contributed by atoms with Gasteiger partial charge in [-0.2, -0.15) is 0 Å². The van der Waals surface area contributed by atoms with E-state index in [0.717, 1.165) is 31.9 Å². The van der Waals surface area contributed by atoms with Gasteiger partial charge in [0.15, 0.2) is 0 Å². The third-order valence-electron chi connectivity index (χ3n) is 4.90. The van der Waals surface area contributed by atoms with E-state index in [0.29, 0.717) is 0 Å². The van der Waals surface area contributed by atoms with Gasteiger partial charge in [0, 0.05) is 25.2 Å². The maximum atomic E-state index is 5.70. The van der Waals surface area contributed by atoms with Crippen molar-refractivity contribution >= 4 is 0 Å². The number of rotatable bonds is 4. The zero-order valence-electron chi connectivity index (χ0n) is 15.0. The van der Waals surface area contributed by atoms with Gasteiger partial charge in [-0.3, -0.25) is 4.90 Å². The summed E-state index contributed by atoms with van der Waals surface area (Å²) in [6.45, 7) is 8.68. The highest BCUT2D eigenvalue weighted by molar-refractivity contribution is 5.45. The molecule has 0 bridgehead atoms. The van der Waals surface area contributed by atoms with E-state index in [4.69, 9.17) is 4.74 Å². The second-order valence-corrected chi connectivity index (χ2v) is 6.64. The summed E-state index contributed by atoms with van der Waals surface area (Å²) in [5.74, 6) is 0.973. The number of benzene rings is 2. The second kappa shape index (κ2) is 7.82. The van der Waals surface area contributed by atoms with Crippen molar-refractivity contribution in [3.63, 3.8) is 0 Å². The van der Waals surface area contributed by atoms with Crippen molar-refractivity contribution in [3.8, 4) is 5.75 Å². The van der Waals surface area contributed by atoms with Gasteiger partial charge >= 0.3 is 0 Å². The Morgan fingerprint density at radius 3 is 2.67 bits per heavy atom. The van der Waals surface area contributed by atoms with Gasteiger partial charge in [0.2, 0.25) is 0 Å². The summed E-state index contributed by atoms with van der Waals surface area (Å²) in [5, 5.41) is 3.52. The summed E-state index contributed by atoms with van der Waals surface area (Å²) >= 11 is 0. The number of para-hydroxylation sites is 1. The number of ether oxygens (including phenoxy) is 1. The average molecular weight is 324 g/mol. The Hall–Kier alpha value is -1.84. The van der Waals surface area contributed by atoms with E-state index < -0.39 is 0 Å². The molecule has 3 heteroatoms. The molecule has 1 atom stereocenters. The first-order valence-corrected chi connectivity index (χ1v) is 8.85. The van der Waals surface area contributed by atoms with Crippen LogP contribution in [0.5, 0.6) is 5.75 Å². The normalized spacial score (nSPS) is 17.3. The van der Waals surface area contributed by atoms with Gasteiger partial charge in [-0.25, -0.2) is 0 Å². The van der Waals surface area contributed by atoms with E-state index in [1.165, 1.54) is 28.7 Å². The average Bonchev–Trinajstić information content (AvgIpc) is 2.88. The van der Waals surface area contributed by atoms with E-state index in [9.17, 15) is 0 Å². The maximum absolute atomic E-state index is 5.70. The Bertz CT molecular complexity index is 675. The van der Waals surface area contributed by atoms with Gasteiger partial charge in [-0.05, 0) is 44.0 Å². The molecular weight excluding hydrogens is 296 g/mol. The van der Waals surface area contributed by atoms with Gasteiger partial charge in [0.1, 0.15) is 5.75 Å². The topological polar surface area (TPSA) is 24.5 Å². The Morgan fingerprint density at radius 1 is 1.00 bits per heavy atom. The zero-order chi connectivity index (χ0) is 16.9. The summed E-state index contributed by atoms with van der Waals surface area (Å²) in [5.41, 5.74) is 5.30. The molecule has 0 aliphatic carbocycles. The maximum Gasteiger partial charge on any atom is 0.123 e. The Balaban J connectivity index is 2.11. The molecule has 2 aromatic carbocycles. The molecule has 0 spiro atoms. The van der Waals surface area contributed by atoms with Gasteiger partial charge < -0.3 is 10.1 Å². The second-order valence-electron chi connectivity index (χ2n) is 6.64. The third-order valence-corrected chi connectivity index (χ3v) is 4.90. The smallest absolute Gasteiger partial charge is 0.123 e. The molecule has 1 unspecified atom stereocenters. The fourth-order valence-electron chi connectivity index (χ4n) is 3.63. The first-order valence-electron chi connectivity index (χ1n) is 8.85. The molecule has 1 N–H and O–H groups in total. The molecule has 0 radical (unpaired) electrons. The van der Waals surface area contributed by atoms with Crippen molar-refractivity contribution in [2.75, 3.05) is 33.3 Å². The van der Waals surface area contributed by atoms with E-state index >= 15 is 0 Å². The first kappa shape index (κ1) is 17.0. The molecule has 1 saturated heterocycles. The van der Waals surface area contributed by atoms with Gasteiger partial charge in [-0.1, -0.05) is 42.0 Å². The van der Waals surface area contributed by atoms with E-state index in [-0.39, 0.29) is 6.04 Å². The summed E-state index contributed by atoms with van der Waals surface area (Å²) in [4.78, 5) is 2.60. The Kier molecular flexibility index (Phi) is 5.54. The van der Waals surface area contributed by atoms with Crippen LogP contribution in [0.1, 0.15) is 34.7 Å². The molecule has 24 heavy (non-hydrogen) atoms. The van der Waals surface area contributed by atoms with Crippen LogP contribution in [0.4, 0.5) is 0 Å². The highest BCUT2D eigenvalue weighted by Crippen LogP contribution is 2.36. The van der Waals surface area contributed by atoms with E-state index in [1.807, 2.05) is 6.07 Å². The van der Waals surface area contributed by atoms with Crippen molar-refractivity contribution in [1.29, 1.82) is 0 Å². The van der Waals surface area contributed by atoms with Crippen LogP contribution in [-0.2, 0) is 0 Å². The number of methoxy groups -OCH3 is 1. The number of nitrogens with one attached hydrogen (secondary N) is 1. The van der Waals surface area contributed by atoms with Crippen molar-refractivity contribution in [2.24, 2.45) is 0 Å². The monoisotopic (exact) mass is 324 g/mol. The van der Waals surface area contributed by atoms with Crippen LogP contribution in [-0.4, -0.2) is 38.2 Å². The van der Waals surface area contributed by atoms with Crippen LogP contribution in [0.2, 0.25) is 0 Å². The van der Waals surface area contributed by atoms with Gasteiger partial charge in [-0.15, -0.1) is 0 Å². The van der Waals surface area contributed by atoms with Crippen LogP contribution in [0.15, 0.2) is 42.5 Å². The highest BCUT2D eigenvalue weighted by Gasteiger charge is 2.27. The lowest BCUT2D eigenvalue weighted by Crippen LogP contribution is -2.33. The number of hydrogen-bond donors (Lipinski definition) is 1. The number of aryl methyl sites for hydroxylation is 2. The quantitative estimate of drug-likeness (QED) is 0.928. The lowest BCUT2D eigenvalue weighted by Gasteiger charge is -2.33. The summed E-state index contributed by atoms with van der Waals surface area (Å²) in [6, 6.07) is 15.5. The minimum Gasteiger partial charge on any atom is -0.496 e. The molecule has 3 rings (SSSR count). The van der Waals surface area contributed by atoms with Crippen molar-refractivity contribution in [1.82, 2.24) is 10.2 Å². The first-order chi connectivity index (χ1) is 11.7. The van der Waals surface area contributed by atoms with Gasteiger partial charge in [0.25, 0.3) is 0 Å². The van der Waals surface area contributed by atoms with E-state index in [2.05, 4.69) is 60.5 Å². The van der Waals surface area contributed by atoms with Crippen LogP contribution >= 0.6 is 0 Å². The lowest BCUT2D eigenvalue weighted by atomic mass is 9.91. The highest BCUT2D eigenvalue weighted by atomic mass is 16.5. The molecule has 0 saturated carbocycles. The molecule has 0 amide bonds. The molecule has 1 aliphatic rings. The lowest BCUT2D eigenvalue weighted by molar-refractivity contribution is 0.235. The third kappa shape index (κ3) is 3.63. The zero-order valence-corrected chi connectivity index (χ0v) is 15.0. The largest absolute Gasteiger partial charge is 0.496 e. The van der Waals surface area contributed by atoms with Crippen LogP contribution in [0, 0.1) is 13.8 Å². The van der Waals surface area contributed by atoms with Crippen molar-refractivity contribution in [3.05, 3.63) is 64.7 Å².